The molecule has 1 aliphatic heterocycles. The molecule has 88 valence electrons. The first-order chi connectivity index (χ1) is 7.78. The van der Waals surface area contributed by atoms with Gasteiger partial charge in [0.25, 0.3) is 0 Å². The number of rotatable bonds is 3. The summed E-state index contributed by atoms with van der Waals surface area (Å²) in [4.78, 5) is 2.50. The maximum atomic E-state index is 5.86. The molecule has 16 heavy (non-hydrogen) atoms. The van der Waals surface area contributed by atoms with Gasteiger partial charge in [0, 0.05) is 11.6 Å². The molecular weight excluding hydrogens is 220 g/mol. The highest BCUT2D eigenvalue weighted by Crippen LogP contribution is 2.18. The van der Waals surface area contributed by atoms with E-state index in [0.29, 0.717) is 0 Å². The van der Waals surface area contributed by atoms with Crippen LogP contribution in [0, 0.1) is 5.92 Å². The first kappa shape index (κ1) is 11.9. The van der Waals surface area contributed by atoms with E-state index in [-0.39, 0.29) is 0 Å². The van der Waals surface area contributed by atoms with Crippen molar-refractivity contribution in [3.05, 3.63) is 34.9 Å². The summed E-state index contributed by atoms with van der Waals surface area (Å²) in [7, 11) is 0. The van der Waals surface area contributed by atoms with Gasteiger partial charge >= 0.3 is 0 Å². The van der Waals surface area contributed by atoms with Gasteiger partial charge in [0.15, 0.2) is 0 Å². The fraction of sp³-hybridized carbons (Fsp3) is 0.538. The molecule has 0 amide bonds. The Morgan fingerprint density at radius 3 is 2.38 bits per heavy atom. The Labute approximate surface area is 102 Å². The minimum atomic E-state index is 0.737. The lowest BCUT2D eigenvalue weighted by molar-refractivity contribution is 0.180. The van der Waals surface area contributed by atoms with Gasteiger partial charge in [0.05, 0.1) is 0 Å². The van der Waals surface area contributed by atoms with Gasteiger partial charge < -0.3 is 5.73 Å². The van der Waals surface area contributed by atoms with Crippen molar-refractivity contribution in [2.24, 2.45) is 11.7 Å². The smallest absolute Gasteiger partial charge is 0.0406 e. The standard InChI is InChI=1S/C13H19ClN2/c14-13-3-1-12(2-4-13)10-16-7-5-11(9-15)6-8-16/h1-4,11H,5-10,15H2. The zero-order valence-corrected chi connectivity index (χ0v) is 10.3. The molecule has 1 aromatic carbocycles. The van der Waals surface area contributed by atoms with Crippen molar-refractivity contribution in [1.82, 2.24) is 4.90 Å². The SMILES string of the molecule is NCC1CCN(Cc2ccc(Cl)cc2)CC1. The van der Waals surface area contributed by atoms with E-state index in [1.54, 1.807) is 0 Å². The number of piperidine rings is 1. The van der Waals surface area contributed by atoms with Crippen molar-refractivity contribution in [2.45, 2.75) is 19.4 Å². The molecule has 0 unspecified atom stereocenters. The van der Waals surface area contributed by atoms with Crippen LogP contribution in [-0.4, -0.2) is 24.5 Å². The Hall–Kier alpha value is -0.570. The average molecular weight is 239 g/mol. The summed E-state index contributed by atoms with van der Waals surface area (Å²) in [5, 5.41) is 0.811. The van der Waals surface area contributed by atoms with E-state index >= 15 is 0 Å². The summed E-state index contributed by atoms with van der Waals surface area (Å²) in [6, 6.07) is 8.14. The van der Waals surface area contributed by atoms with Crippen LogP contribution in [-0.2, 0) is 6.54 Å². The van der Waals surface area contributed by atoms with Crippen LogP contribution in [0.25, 0.3) is 0 Å². The van der Waals surface area contributed by atoms with E-state index in [2.05, 4.69) is 17.0 Å². The quantitative estimate of drug-likeness (QED) is 0.877. The molecule has 1 fully saturated rings. The van der Waals surface area contributed by atoms with E-state index < -0.39 is 0 Å². The fourth-order valence-corrected chi connectivity index (χ4v) is 2.35. The van der Waals surface area contributed by atoms with Gasteiger partial charge in [-0.1, -0.05) is 23.7 Å². The molecule has 2 nitrogen and oxygen atoms in total. The molecule has 1 saturated heterocycles. The van der Waals surface area contributed by atoms with Crippen molar-refractivity contribution in [3.63, 3.8) is 0 Å². The third kappa shape index (κ3) is 3.21. The zero-order chi connectivity index (χ0) is 11.4. The zero-order valence-electron chi connectivity index (χ0n) is 9.53. The van der Waals surface area contributed by atoms with Gasteiger partial charge in [-0.05, 0) is 56.1 Å². The summed E-state index contributed by atoms with van der Waals surface area (Å²) < 4.78 is 0. The summed E-state index contributed by atoms with van der Waals surface area (Å²) in [6.45, 7) is 4.22. The molecule has 0 aliphatic carbocycles. The minimum Gasteiger partial charge on any atom is -0.330 e. The third-order valence-corrected chi connectivity index (χ3v) is 3.61. The lowest BCUT2D eigenvalue weighted by Crippen LogP contribution is -2.35. The Balaban J connectivity index is 1.84. The van der Waals surface area contributed by atoms with Crippen LogP contribution < -0.4 is 5.73 Å². The number of nitrogens with zero attached hydrogens (tertiary/aromatic N) is 1. The van der Waals surface area contributed by atoms with Crippen LogP contribution >= 0.6 is 11.6 Å². The Morgan fingerprint density at radius 1 is 1.19 bits per heavy atom. The molecule has 3 heteroatoms. The number of hydrogen-bond acceptors (Lipinski definition) is 2. The van der Waals surface area contributed by atoms with Gasteiger partial charge in [-0.2, -0.15) is 0 Å². The van der Waals surface area contributed by atoms with Gasteiger partial charge in [-0.25, -0.2) is 0 Å². The lowest BCUT2D eigenvalue weighted by atomic mass is 9.97. The molecule has 1 heterocycles. The molecule has 1 aliphatic rings. The van der Waals surface area contributed by atoms with E-state index in [4.69, 9.17) is 17.3 Å². The second-order valence-electron chi connectivity index (χ2n) is 4.58. The van der Waals surface area contributed by atoms with Crippen LogP contribution in [0.5, 0.6) is 0 Å². The maximum absolute atomic E-state index is 5.86. The van der Waals surface area contributed by atoms with E-state index in [9.17, 15) is 0 Å². The Kier molecular flexibility index (Phi) is 4.22. The van der Waals surface area contributed by atoms with Crippen molar-refractivity contribution in [1.29, 1.82) is 0 Å². The minimum absolute atomic E-state index is 0.737. The van der Waals surface area contributed by atoms with Crippen LogP contribution in [0.3, 0.4) is 0 Å². The summed E-state index contributed by atoms with van der Waals surface area (Å²) >= 11 is 5.86. The molecule has 0 atom stereocenters. The summed E-state index contributed by atoms with van der Waals surface area (Å²) in [5.41, 5.74) is 7.03. The topological polar surface area (TPSA) is 29.3 Å². The highest BCUT2D eigenvalue weighted by molar-refractivity contribution is 6.30. The number of benzene rings is 1. The molecule has 1 aromatic rings. The summed E-state index contributed by atoms with van der Waals surface area (Å²) in [5.74, 6) is 0.737. The van der Waals surface area contributed by atoms with Gasteiger partial charge in [-0.3, -0.25) is 4.90 Å². The molecule has 0 aromatic heterocycles. The van der Waals surface area contributed by atoms with Crippen LogP contribution in [0.2, 0.25) is 5.02 Å². The third-order valence-electron chi connectivity index (χ3n) is 3.36. The van der Waals surface area contributed by atoms with Gasteiger partial charge in [0.2, 0.25) is 0 Å². The normalized spacial score (nSPS) is 18.9. The fourth-order valence-electron chi connectivity index (χ4n) is 2.23. The molecule has 0 bridgehead atoms. The van der Waals surface area contributed by atoms with Gasteiger partial charge in [0.1, 0.15) is 0 Å². The monoisotopic (exact) mass is 238 g/mol. The number of halogens is 1. The first-order valence-electron chi connectivity index (χ1n) is 5.95. The van der Waals surface area contributed by atoms with E-state index in [0.717, 1.165) is 24.0 Å². The molecule has 2 N–H and O–H groups in total. The molecule has 2 rings (SSSR count). The second-order valence-corrected chi connectivity index (χ2v) is 5.02. The average Bonchev–Trinajstić information content (AvgIpc) is 2.33. The molecule has 0 radical (unpaired) electrons. The van der Waals surface area contributed by atoms with Gasteiger partial charge in [-0.15, -0.1) is 0 Å². The van der Waals surface area contributed by atoms with Crippen LogP contribution in [0.4, 0.5) is 0 Å². The van der Waals surface area contributed by atoms with Crippen LogP contribution in [0.1, 0.15) is 18.4 Å². The predicted octanol–water partition coefficient (Wildman–Crippen LogP) is 2.51. The second kappa shape index (κ2) is 5.67. The van der Waals surface area contributed by atoms with Crippen molar-refractivity contribution >= 4 is 11.6 Å². The lowest BCUT2D eigenvalue weighted by Gasteiger charge is -2.31. The predicted molar refractivity (Wildman–Crippen MR) is 68.5 cm³/mol. The Bertz CT molecular complexity index is 315. The molecular formula is C13H19ClN2. The van der Waals surface area contributed by atoms with Crippen LogP contribution in [0.15, 0.2) is 24.3 Å². The maximum Gasteiger partial charge on any atom is 0.0406 e. The number of hydrogen-bond donors (Lipinski definition) is 1. The first-order valence-corrected chi connectivity index (χ1v) is 6.32. The molecule has 0 spiro atoms. The van der Waals surface area contributed by atoms with E-state index in [1.165, 1.54) is 31.5 Å². The number of likely N-dealkylation sites (tertiary alicyclic amines) is 1. The van der Waals surface area contributed by atoms with Crippen molar-refractivity contribution in [2.75, 3.05) is 19.6 Å². The van der Waals surface area contributed by atoms with E-state index in [1.807, 2.05) is 12.1 Å². The highest BCUT2D eigenvalue weighted by Gasteiger charge is 2.17. The van der Waals surface area contributed by atoms with Crippen molar-refractivity contribution in [3.8, 4) is 0 Å². The van der Waals surface area contributed by atoms with Crippen molar-refractivity contribution < 1.29 is 0 Å². The highest BCUT2D eigenvalue weighted by atomic mass is 35.5. The Morgan fingerprint density at radius 2 is 1.81 bits per heavy atom. The largest absolute Gasteiger partial charge is 0.330 e. The number of nitrogens with two attached hydrogens (primary N) is 1. The summed E-state index contributed by atoms with van der Waals surface area (Å²) in [6.07, 6.45) is 2.48. The molecule has 0 saturated carbocycles.